The minimum Gasteiger partial charge on any atom is -0.480 e. The molecule has 0 fully saturated rings. The average molecular weight is 288 g/mol. The first-order valence-corrected chi connectivity index (χ1v) is 6.42. The largest absolute Gasteiger partial charge is 0.480 e. The fourth-order valence-corrected chi connectivity index (χ4v) is 1.79. The van der Waals surface area contributed by atoms with Gasteiger partial charge in [-0.3, -0.25) is 9.59 Å². The molecule has 7 heteroatoms. The highest BCUT2D eigenvalue weighted by atomic mass is 16.4. The van der Waals surface area contributed by atoms with Crippen LogP contribution in [0.4, 0.5) is 0 Å². The number of carbonyl (C=O) groups is 2. The Hall–Kier alpha value is -2.70. The number of amides is 1. The summed E-state index contributed by atoms with van der Waals surface area (Å²) in [6.07, 6.45) is 1.49. The predicted molar refractivity (Wildman–Crippen MR) is 74.7 cm³/mol. The second-order valence-electron chi connectivity index (χ2n) is 4.78. The van der Waals surface area contributed by atoms with Gasteiger partial charge in [0.1, 0.15) is 12.2 Å². The van der Waals surface area contributed by atoms with Crippen LogP contribution in [0.1, 0.15) is 27.2 Å². The van der Waals surface area contributed by atoms with Crippen LogP contribution < -0.4 is 5.32 Å². The molecule has 0 aliphatic carbocycles. The number of hydrogen-bond acceptors (Lipinski definition) is 4. The summed E-state index contributed by atoms with van der Waals surface area (Å²) in [5, 5.41) is 18.8. The summed E-state index contributed by atoms with van der Waals surface area (Å²) in [7, 11) is 0. The van der Waals surface area contributed by atoms with Crippen molar-refractivity contribution in [1.29, 1.82) is 0 Å². The molecule has 2 N–H and O–H groups in total. The lowest BCUT2D eigenvalue weighted by Gasteiger charge is -2.05. The number of benzene rings is 1. The van der Waals surface area contributed by atoms with Crippen LogP contribution in [-0.4, -0.2) is 32.0 Å². The zero-order chi connectivity index (χ0) is 15.4. The Morgan fingerprint density at radius 3 is 2.71 bits per heavy atom. The monoisotopic (exact) mass is 288 g/mol. The smallest absolute Gasteiger partial charge is 0.325 e. The molecule has 0 radical (unpaired) electrons. The van der Waals surface area contributed by atoms with Crippen molar-refractivity contribution >= 4 is 11.9 Å². The maximum Gasteiger partial charge on any atom is 0.325 e. The van der Waals surface area contributed by atoms with E-state index >= 15 is 0 Å². The molecule has 0 spiro atoms. The number of carboxylic acids is 1. The highest BCUT2D eigenvalue weighted by molar-refractivity contribution is 5.94. The minimum atomic E-state index is -0.995. The van der Waals surface area contributed by atoms with E-state index in [1.54, 1.807) is 6.07 Å². The number of hydrogen-bond donors (Lipinski definition) is 2. The van der Waals surface area contributed by atoms with Crippen molar-refractivity contribution in [3.63, 3.8) is 0 Å². The number of aliphatic carboxylic acids is 1. The molecule has 0 saturated carbocycles. The molecule has 1 amide bonds. The lowest BCUT2D eigenvalue weighted by molar-refractivity contribution is -0.137. The second-order valence-corrected chi connectivity index (χ2v) is 4.78. The van der Waals surface area contributed by atoms with E-state index in [9.17, 15) is 9.59 Å². The Balaban J connectivity index is 1.95. The summed E-state index contributed by atoms with van der Waals surface area (Å²) in [6, 6.07) is 5.48. The van der Waals surface area contributed by atoms with Crippen molar-refractivity contribution < 1.29 is 14.7 Å². The maximum atomic E-state index is 12.0. The van der Waals surface area contributed by atoms with E-state index < -0.39 is 5.97 Å². The van der Waals surface area contributed by atoms with Gasteiger partial charge >= 0.3 is 5.97 Å². The molecule has 0 aliphatic rings. The molecule has 0 aliphatic heterocycles. The quantitative estimate of drug-likeness (QED) is 0.852. The maximum absolute atomic E-state index is 12.0. The summed E-state index contributed by atoms with van der Waals surface area (Å²) in [5.41, 5.74) is 3.27. The van der Waals surface area contributed by atoms with Gasteiger partial charge in [0.05, 0.1) is 12.7 Å². The third kappa shape index (κ3) is 3.88. The van der Waals surface area contributed by atoms with Crippen LogP contribution in [0.25, 0.3) is 0 Å². The molecule has 0 bridgehead atoms. The number of nitrogens with zero attached hydrogens (tertiary/aromatic N) is 3. The third-order valence-corrected chi connectivity index (χ3v) is 3.08. The summed E-state index contributed by atoms with van der Waals surface area (Å²) in [5.74, 6) is -1.20. The summed E-state index contributed by atoms with van der Waals surface area (Å²) in [6.45, 7) is 3.88. The van der Waals surface area contributed by atoms with Gasteiger partial charge < -0.3 is 10.4 Å². The van der Waals surface area contributed by atoms with Gasteiger partial charge in [-0.15, -0.1) is 5.10 Å². The molecule has 0 atom stereocenters. The first-order chi connectivity index (χ1) is 9.95. The zero-order valence-electron chi connectivity index (χ0n) is 11.8. The molecule has 2 rings (SSSR count). The van der Waals surface area contributed by atoms with Crippen molar-refractivity contribution in [2.75, 3.05) is 0 Å². The predicted octanol–water partition coefficient (Wildman–Crippen LogP) is 0.910. The molecule has 1 aromatic heterocycles. The molecular formula is C14H16N4O3. The molecule has 0 saturated heterocycles. The molecule has 7 nitrogen and oxygen atoms in total. The normalized spacial score (nSPS) is 10.4. The van der Waals surface area contributed by atoms with Gasteiger partial charge in [-0.25, -0.2) is 4.68 Å². The van der Waals surface area contributed by atoms with E-state index in [0.717, 1.165) is 11.1 Å². The summed E-state index contributed by atoms with van der Waals surface area (Å²) < 4.78 is 1.21. The molecule has 110 valence electrons. The SMILES string of the molecule is Cc1ccc(C(=O)NCc2cn(CC(=O)O)nn2)cc1C. The van der Waals surface area contributed by atoms with Crippen molar-refractivity contribution in [1.82, 2.24) is 20.3 Å². The van der Waals surface area contributed by atoms with Crippen molar-refractivity contribution in [3.05, 3.63) is 46.8 Å². The standard InChI is InChI=1S/C14H16N4O3/c1-9-3-4-11(5-10(9)2)14(21)15-6-12-7-18(17-16-12)8-13(19)20/h3-5,7H,6,8H2,1-2H3,(H,15,21)(H,19,20). The van der Waals surface area contributed by atoms with Gasteiger partial charge in [-0.05, 0) is 37.1 Å². The van der Waals surface area contributed by atoms with Gasteiger partial charge in [0, 0.05) is 5.56 Å². The molecule has 0 unspecified atom stereocenters. The topological polar surface area (TPSA) is 97.1 Å². The van der Waals surface area contributed by atoms with Gasteiger partial charge in [0.2, 0.25) is 0 Å². The fraction of sp³-hybridized carbons (Fsp3) is 0.286. The average Bonchev–Trinajstić information content (AvgIpc) is 2.86. The number of aryl methyl sites for hydroxylation is 2. The zero-order valence-corrected chi connectivity index (χ0v) is 11.8. The number of rotatable bonds is 5. The van der Waals surface area contributed by atoms with Gasteiger partial charge in [-0.2, -0.15) is 0 Å². The molecule has 21 heavy (non-hydrogen) atoms. The lowest BCUT2D eigenvalue weighted by Crippen LogP contribution is -2.23. The Labute approximate surface area is 121 Å². The van der Waals surface area contributed by atoms with Crippen LogP contribution in [0.3, 0.4) is 0 Å². The Morgan fingerprint density at radius 1 is 1.29 bits per heavy atom. The van der Waals surface area contributed by atoms with E-state index in [-0.39, 0.29) is 19.0 Å². The first kappa shape index (κ1) is 14.7. The van der Waals surface area contributed by atoms with Crippen molar-refractivity contribution in [3.8, 4) is 0 Å². The van der Waals surface area contributed by atoms with Gasteiger partial charge in [0.15, 0.2) is 0 Å². The number of aromatic nitrogens is 3. The van der Waals surface area contributed by atoms with Crippen LogP contribution in [0.2, 0.25) is 0 Å². The third-order valence-electron chi connectivity index (χ3n) is 3.08. The van der Waals surface area contributed by atoms with E-state index in [2.05, 4.69) is 15.6 Å². The van der Waals surface area contributed by atoms with Crippen molar-refractivity contribution in [2.24, 2.45) is 0 Å². The summed E-state index contributed by atoms with van der Waals surface area (Å²) >= 11 is 0. The van der Waals surface area contributed by atoms with Gasteiger partial charge in [0.25, 0.3) is 5.91 Å². The fourth-order valence-electron chi connectivity index (χ4n) is 1.79. The highest BCUT2D eigenvalue weighted by Crippen LogP contribution is 2.09. The molecule has 1 heterocycles. The van der Waals surface area contributed by atoms with Crippen LogP contribution in [0, 0.1) is 13.8 Å². The Morgan fingerprint density at radius 2 is 2.05 bits per heavy atom. The van der Waals surface area contributed by atoms with Crippen LogP contribution >= 0.6 is 0 Å². The second kappa shape index (κ2) is 6.17. The Kier molecular flexibility index (Phi) is 4.32. The molecular weight excluding hydrogens is 272 g/mol. The summed E-state index contributed by atoms with van der Waals surface area (Å²) in [4.78, 5) is 22.5. The van der Waals surface area contributed by atoms with Crippen LogP contribution in [0.15, 0.2) is 24.4 Å². The number of nitrogens with one attached hydrogen (secondary N) is 1. The first-order valence-electron chi connectivity index (χ1n) is 6.42. The van der Waals surface area contributed by atoms with E-state index in [1.165, 1.54) is 10.9 Å². The lowest BCUT2D eigenvalue weighted by atomic mass is 10.1. The van der Waals surface area contributed by atoms with E-state index in [4.69, 9.17) is 5.11 Å². The van der Waals surface area contributed by atoms with Crippen LogP contribution in [-0.2, 0) is 17.9 Å². The van der Waals surface area contributed by atoms with E-state index in [0.29, 0.717) is 11.3 Å². The minimum absolute atomic E-state index is 0.200. The molecule has 2 aromatic rings. The number of carboxylic acid groups (broad SMARTS) is 1. The molecule has 1 aromatic carbocycles. The highest BCUT2D eigenvalue weighted by Gasteiger charge is 2.09. The van der Waals surface area contributed by atoms with E-state index in [1.807, 2.05) is 26.0 Å². The number of carbonyl (C=O) groups excluding carboxylic acids is 1. The van der Waals surface area contributed by atoms with Crippen molar-refractivity contribution in [2.45, 2.75) is 26.9 Å². The van der Waals surface area contributed by atoms with Crippen LogP contribution in [0.5, 0.6) is 0 Å². The Bertz CT molecular complexity index is 679. The van der Waals surface area contributed by atoms with Gasteiger partial charge in [-0.1, -0.05) is 11.3 Å².